The molecule has 0 amide bonds. The average Bonchev–Trinajstić information content (AvgIpc) is 0.722. The van der Waals surface area contributed by atoms with Gasteiger partial charge in [0.2, 0.25) is 33.3 Å². The van der Waals surface area contributed by atoms with Crippen molar-refractivity contribution in [2.45, 2.75) is 84.4 Å². The van der Waals surface area contributed by atoms with Crippen LogP contribution in [0.15, 0.2) is 444 Å². The lowest BCUT2D eigenvalue weighted by Gasteiger charge is -2.45. The quantitative estimate of drug-likeness (QED) is 0.0351. The molecule has 10 nitrogen and oxygen atoms in total. The lowest BCUT2D eigenvalue weighted by Crippen LogP contribution is -2.78. The third kappa shape index (κ3) is 22.1. The molecule has 0 saturated carbocycles. The first kappa shape index (κ1) is 93.9. The molecule has 13 aromatic carbocycles. The second-order valence-corrected chi connectivity index (χ2v) is 63.9. The van der Waals surface area contributed by atoms with Crippen LogP contribution in [-0.4, -0.2) is 90.3 Å². The van der Waals surface area contributed by atoms with Crippen molar-refractivity contribution in [1.29, 1.82) is 0 Å². The normalized spacial score (nSPS) is 13.5. The fourth-order valence-corrected chi connectivity index (χ4v) is 50.1. The third-order valence-corrected chi connectivity index (χ3v) is 57.4. The largest absolute Gasteiger partial charge is 0.799 e. The molecule has 2 atom stereocenters. The van der Waals surface area contributed by atoms with E-state index >= 15 is 0 Å². The molecule has 0 aromatic heterocycles. The van der Waals surface area contributed by atoms with Crippen LogP contribution in [0.5, 0.6) is 23.0 Å². The van der Waals surface area contributed by atoms with E-state index in [1.807, 2.05) is 126 Å². The van der Waals surface area contributed by atoms with Gasteiger partial charge in [-0.3, -0.25) is 0 Å². The zero-order valence-electron chi connectivity index (χ0n) is 74.0. The summed E-state index contributed by atoms with van der Waals surface area (Å²) >= 11 is 0. The van der Waals surface area contributed by atoms with Crippen LogP contribution in [-0.2, 0) is 35.5 Å². The lowest BCUT2D eigenvalue weighted by molar-refractivity contribution is 0.156. The summed E-state index contributed by atoms with van der Waals surface area (Å²) in [6, 6.07) is 127. The Bertz CT molecular complexity index is 5170. The maximum atomic E-state index is 8.04. The molecular formula is C105H118O10Si9. The van der Waals surface area contributed by atoms with Gasteiger partial charge in [0.25, 0.3) is 16.6 Å². The van der Waals surface area contributed by atoms with Crippen molar-refractivity contribution in [2.75, 3.05) is 14.2 Å². The van der Waals surface area contributed by atoms with E-state index in [0.29, 0.717) is 11.5 Å². The van der Waals surface area contributed by atoms with Gasteiger partial charge in [-0.15, -0.1) is 39.5 Å². The van der Waals surface area contributed by atoms with Gasteiger partial charge in [-0.25, -0.2) is 0 Å². The van der Waals surface area contributed by atoms with E-state index in [1.165, 1.54) is 21.5 Å². The van der Waals surface area contributed by atoms with E-state index in [9.17, 15) is 0 Å². The standard InChI is InChI=1S/C40H52O6Si3.C40H36O2Si3.C25H30O2Si3/c1-13-47(9,10)45-49(46-48(11,12)14-2,43-37-27-19-33(20-28-37)39(3,4)31-15-23-35(41-7)24-16-31)44-38-29-21-34(22-30-38)40(5,6)32-17-25-36(42-8)26-18-32;1-3-43(35-23-11-5-12-24-35,36-25-13-6-14-26-36)41-45(39-31-19-9-20-32-39,40-33-21-10-22-34-40)42-44(4-2,37-27-15-7-16-28-37)38-29-17-8-18-30-38;1-6-28(3,23-17-11-8-12-18-23)26-30(5,25-21-15-10-16-22-25)27-29(4,7-2)24-19-13-9-14-20-24/h13-30H,1-2H2,3-12H3;3-34H,1-2H2;6-22H,1-2H2,3-5H3. The first-order chi connectivity index (χ1) is 59.5. The fourth-order valence-electron chi connectivity index (χ4n) is 15.1. The molecule has 0 aliphatic rings. The van der Waals surface area contributed by atoms with E-state index in [1.54, 1.807) is 14.2 Å². The molecule has 124 heavy (non-hydrogen) atoms. The van der Waals surface area contributed by atoms with Crippen LogP contribution in [0.3, 0.4) is 0 Å². The molecule has 0 spiro atoms. The van der Waals surface area contributed by atoms with Gasteiger partial charge >= 0.3 is 26.2 Å². The number of hydrogen-bond donors (Lipinski definition) is 0. The number of ether oxygens (including phenoxy) is 2. The maximum absolute atomic E-state index is 8.04. The van der Waals surface area contributed by atoms with Crippen LogP contribution in [0.4, 0.5) is 0 Å². The second-order valence-electron chi connectivity index (χ2n) is 33.0. The van der Waals surface area contributed by atoms with Crippen LogP contribution in [0, 0.1) is 0 Å². The third-order valence-electron chi connectivity index (χ3n) is 22.9. The average molecular weight is 1790 g/mol. The fraction of sp³-hybridized carbons (Fsp3) is 0.143. The monoisotopic (exact) mass is 1790 g/mol. The summed E-state index contributed by atoms with van der Waals surface area (Å²) in [6.07, 6.45) is 0. The zero-order valence-corrected chi connectivity index (χ0v) is 83.0. The van der Waals surface area contributed by atoms with E-state index < -0.39 is 76.1 Å². The minimum Gasteiger partial charge on any atom is -0.497 e. The van der Waals surface area contributed by atoms with Gasteiger partial charge in [-0.2, -0.15) is 0 Å². The highest BCUT2D eigenvalue weighted by atomic mass is 28.5. The van der Waals surface area contributed by atoms with Crippen LogP contribution >= 0.6 is 0 Å². The highest BCUT2D eigenvalue weighted by Gasteiger charge is 2.59. The van der Waals surface area contributed by atoms with Crippen molar-refractivity contribution >= 4 is 123 Å². The second kappa shape index (κ2) is 41.3. The van der Waals surface area contributed by atoms with Crippen LogP contribution in [0.25, 0.3) is 0 Å². The first-order valence-electron chi connectivity index (χ1n) is 41.9. The zero-order chi connectivity index (χ0) is 88.8. The molecule has 634 valence electrons. The van der Waals surface area contributed by atoms with Crippen molar-refractivity contribution in [2.24, 2.45) is 0 Å². The molecule has 0 N–H and O–H groups in total. The molecule has 0 fully saturated rings. The van der Waals surface area contributed by atoms with Gasteiger partial charge in [0, 0.05) is 10.8 Å². The molecule has 2 unspecified atom stereocenters. The molecule has 0 aliphatic carbocycles. The number of hydrogen-bond acceptors (Lipinski definition) is 10. The minimum atomic E-state index is -3.91. The summed E-state index contributed by atoms with van der Waals surface area (Å²) < 4.78 is 68.3. The predicted molar refractivity (Wildman–Crippen MR) is 540 cm³/mol. The SMILES string of the molecule is C=C[Si](C)(C)O[Si](Oc1ccc(C(C)(C)c2ccc(OC)cc2)cc1)(Oc1ccc(C(C)(C)c2ccc(OC)cc2)cc1)O[Si](C)(C)C=C.C=C[Si](C)(O[Si](C)(O[Si](C)(C=C)c1ccccc1)c1ccccc1)c1ccccc1.C=C[Si](O[Si](O[Si](C=C)(c1ccccc1)c1ccccc1)(c1ccccc1)c1ccccc1)(c1ccccc1)c1ccccc1. The van der Waals surface area contributed by atoms with Gasteiger partial charge in [-0.1, -0.05) is 383 Å². The smallest absolute Gasteiger partial charge is 0.497 e. The van der Waals surface area contributed by atoms with Crippen molar-refractivity contribution in [3.63, 3.8) is 0 Å². The van der Waals surface area contributed by atoms with Gasteiger partial charge in [0.1, 0.15) is 23.0 Å². The summed E-state index contributed by atoms with van der Waals surface area (Å²) in [4.78, 5) is 0. The highest BCUT2D eigenvalue weighted by molar-refractivity contribution is 7.14. The van der Waals surface area contributed by atoms with Crippen LogP contribution in [0.1, 0.15) is 49.9 Å². The lowest BCUT2D eigenvalue weighted by atomic mass is 9.78. The summed E-state index contributed by atoms with van der Waals surface area (Å²) in [7, 11) is -23.2. The van der Waals surface area contributed by atoms with Crippen LogP contribution in [0.2, 0.25) is 45.8 Å². The Labute approximate surface area is 747 Å². The molecule has 0 saturated heterocycles. The topological polar surface area (TPSA) is 92.3 Å². The molecule has 0 aliphatic heterocycles. The Balaban J connectivity index is 0.000000186. The molecule has 0 bridgehead atoms. The Morgan fingerprint density at radius 2 is 0.444 bits per heavy atom. The summed E-state index contributed by atoms with van der Waals surface area (Å²) in [5.41, 5.74) is 16.0. The van der Waals surface area contributed by atoms with Crippen molar-refractivity contribution in [1.82, 2.24) is 0 Å². The molecule has 0 radical (unpaired) electrons. The maximum Gasteiger partial charge on any atom is 0.799 e. The van der Waals surface area contributed by atoms with Crippen LogP contribution < -0.4 is 65.0 Å². The Kier molecular flexibility index (Phi) is 31.3. The number of rotatable bonds is 37. The van der Waals surface area contributed by atoms with Crippen molar-refractivity contribution < 1.29 is 43.0 Å². The van der Waals surface area contributed by atoms with E-state index in [-0.39, 0.29) is 10.8 Å². The molecular weight excluding hydrogens is 1670 g/mol. The predicted octanol–water partition coefficient (Wildman–Crippen LogP) is 19.8. The number of methoxy groups -OCH3 is 2. The molecule has 19 heteroatoms. The van der Waals surface area contributed by atoms with Gasteiger partial charge in [-0.05, 0) is 163 Å². The first-order valence-corrected chi connectivity index (χ1v) is 62.6. The molecule has 13 aromatic rings. The van der Waals surface area contributed by atoms with Gasteiger partial charge in [0.05, 0.1) is 14.2 Å². The van der Waals surface area contributed by atoms with E-state index in [0.717, 1.165) is 58.9 Å². The summed E-state index contributed by atoms with van der Waals surface area (Å²) in [6.45, 7) is 49.0. The van der Waals surface area contributed by atoms with E-state index in [4.69, 9.17) is 43.0 Å². The minimum absolute atomic E-state index is 0.250. The highest BCUT2D eigenvalue weighted by Crippen LogP contribution is 2.38. The van der Waals surface area contributed by atoms with Gasteiger partial charge < -0.3 is 43.0 Å². The Hall–Kier alpha value is -10.8. The molecule has 0 heterocycles. The van der Waals surface area contributed by atoms with Crippen molar-refractivity contribution in [3.8, 4) is 23.0 Å². The Morgan fingerprint density at radius 3 is 0.661 bits per heavy atom. The Morgan fingerprint density at radius 1 is 0.226 bits per heavy atom. The van der Waals surface area contributed by atoms with Gasteiger partial charge in [0.15, 0.2) is 0 Å². The molecule has 13 rings (SSSR count). The van der Waals surface area contributed by atoms with E-state index in [2.05, 4.69) is 391 Å². The van der Waals surface area contributed by atoms with Crippen molar-refractivity contribution in [3.05, 3.63) is 466 Å². The summed E-state index contributed by atoms with van der Waals surface area (Å²) in [5, 5.41) is 10.0. The number of benzene rings is 13. The summed E-state index contributed by atoms with van der Waals surface area (Å²) in [5.74, 6) is 2.86.